The molecule has 0 aromatic heterocycles. The fourth-order valence-corrected chi connectivity index (χ4v) is 8.67. The predicted molar refractivity (Wildman–Crippen MR) is 130 cm³/mol. The van der Waals surface area contributed by atoms with E-state index in [4.69, 9.17) is 4.74 Å². The molecular formula is C29H46O3. The number of ether oxygens (including phenoxy) is 1. The molecule has 0 radical (unpaired) electrons. The second kappa shape index (κ2) is 8.60. The summed E-state index contributed by atoms with van der Waals surface area (Å²) in [4.78, 5) is 11.5. The van der Waals surface area contributed by atoms with Crippen molar-refractivity contribution < 1.29 is 14.6 Å². The summed E-state index contributed by atoms with van der Waals surface area (Å²) in [6.07, 6.45) is 17.7. The Balaban J connectivity index is 1.48. The van der Waals surface area contributed by atoms with Crippen LogP contribution in [-0.4, -0.2) is 22.8 Å². The second-order valence-electron chi connectivity index (χ2n) is 12.7. The number of carbonyl (C=O) groups is 1. The largest absolute Gasteiger partial charge is 0.462 e. The molecule has 32 heavy (non-hydrogen) atoms. The Morgan fingerprint density at radius 2 is 1.97 bits per heavy atom. The minimum absolute atomic E-state index is 0.0888. The van der Waals surface area contributed by atoms with Gasteiger partial charge in [-0.2, -0.15) is 0 Å². The highest BCUT2D eigenvalue weighted by Gasteiger charge is 2.59. The van der Waals surface area contributed by atoms with E-state index in [1.165, 1.54) is 38.5 Å². The standard InChI is InChI=1S/C29H46O3/c1-19(8-7-15-27(3,4)31)24-11-12-25-23-10-9-21-18-22(32-20(2)30)13-16-28(21,5)26(23)14-17-29(24,25)6/h7,9,15,19,22-26,31H,8,10-14,16-18H2,1-6H3/b15-7+/t19-,22-,23+,24+,25+,26+,28-,29+/m0/s1. The third-order valence-electron chi connectivity index (χ3n) is 10.2. The molecule has 1 N–H and O–H groups in total. The van der Waals surface area contributed by atoms with Crippen LogP contribution in [0.3, 0.4) is 0 Å². The summed E-state index contributed by atoms with van der Waals surface area (Å²) >= 11 is 0. The second-order valence-corrected chi connectivity index (χ2v) is 12.7. The maximum absolute atomic E-state index is 11.5. The number of fused-ring (bicyclic) bond motifs is 5. The zero-order valence-corrected chi connectivity index (χ0v) is 21.3. The molecule has 4 aliphatic rings. The first-order valence-electron chi connectivity index (χ1n) is 13.2. The molecule has 0 aromatic rings. The first-order valence-corrected chi connectivity index (χ1v) is 13.2. The molecular weight excluding hydrogens is 396 g/mol. The van der Waals surface area contributed by atoms with E-state index in [1.807, 2.05) is 19.9 Å². The van der Waals surface area contributed by atoms with Crippen LogP contribution >= 0.6 is 0 Å². The molecule has 3 heteroatoms. The van der Waals surface area contributed by atoms with Crippen LogP contribution in [0.25, 0.3) is 0 Å². The molecule has 0 bridgehead atoms. The van der Waals surface area contributed by atoms with Gasteiger partial charge in [-0.15, -0.1) is 0 Å². The van der Waals surface area contributed by atoms with Crippen LogP contribution in [0, 0.1) is 40.4 Å². The van der Waals surface area contributed by atoms with Gasteiger partial charge in [0.25, 0.3) is 0 Å². The Bertz CT molecular complexity index is 774. The van der Waals surface area contributed by atoms with Crippen molar-refractivity contribution in [2.45, 2.75) is 111 Å². The molecule has 3 fully saturated rings. The number of rotatable bonds is 5. The molecule has 8 atom stereocenters. The van der Waals surface area contributed by atoms with E-state index in [1.54, 1.807) is 12.5 Å². The topological polar surface area (TPSA) is 46.5 Å². The molecule has 4 aliphatic carbocycles. The molecule has 0 heterocycles. The van der Waals surface area contributed by atoms with E-state index in [-0.39, 0.29) is 12.1 Å². The number of allylic oxidation sites excluding steroid dienone is 2. The normalized spacial score (nSPS) is 42.6. The summed E-state index contributed by atoms with van der Waals surface area (Å²) in [5.74, 6) is 3.78. The van der Waals surface area contributed by atoms with Crippen molar-refractivity contribution in [1.29, 1.82) is 0 Å². The maximum atomic E-state index is 11.5. The lowest BCUT2D eigenvalue weighted by Crippen LogP contribution is -2.51. The summed E-state index contributed by atoms with van der Waals surface area (Å²) in [5.41, 5.74) is 1.63. The lowest BCUT2D eigenvalue weighted by molar-refractivity contribution is -0.148. The average molecular weight is 443 g/mol. The van der Waals surface area contributed by atoms with E-state index in [2.05, 4.69) is 32.9 Å². The zero-order chi connectivity index (χ0) is 23.3. The lowest BCUT2D eigenvalue weighted by Gasteiger charge is -2.58. The average Bonchev–Trinajstić information content (AvgIpc) is 3.04. The molecule has 0 aliphatic heterocycles. The Kier molecular flexibility index (Phi) is 6.46. The van der Waals surface area contributed by atoms with E-state index < -0.39 is 5.60 Å². The summed E-state index contributed by atoms with van der Waals surface area (Å²) in [6, 6.07) is 0. The van der Waals surface area contributed by atoms with Gasteiger partial charge in [-0.25, -0.2) is 0 Å². The van der Waals surface area contributed by atoms with Crippen LogP contribution in [-0.2, 0) is 9.53 Å². The summed E-state index contributed by atoms with van der Waals surface area (Å²) in [5, 5.41) is 10.0. The van der Waals surface area contributed by atoms with Gasteiger partial charge in [0, 0.05) is 13.3 Å². The van der Waals surface area contributed by atoms with Crippen LogP contribution in [0.1, 0.15) is 99.3 Å². The molecule has 4 rings (SSSR count). The van der Waals surface area contributed by atoms with Gasteiger partial charge in [0.2, 0.25) is 0 Å². The van der Waals surface area contributed by atoms with E-state index in [0.29, 0.717) is 16.7 Å². The van der Waals surface area contributed by atoms with Crippen molar-refractivity contribution in [3.63, 3.8) is 0 Å². The van der Waals surface area contributed by atoms with Crippen molar-refractivity contribution in [2.24, 2.45) is 40.4 Å². The smallest absolute Gasteiger partial charge is 0.302 e. The van der Waals surface area contributed by atoms with Gasteiger partial charge < -0.3 is 9.84 Å². The minimum Gasteiger partial charge on any atom is -0.462 e. The minimum atomic E-state index is -0.712. The van der Waals surface area contributed by atoms with Gasteiger partial charge in [-0.3, -0.25) is 4.79 Å². The van der Waals surface area contributed by atoms with Gasteiger partial charge in [0.15, 0.2) is 0 Å². The SMILES string of the molecule is CC(=O)O[C@H]1CC[C@@]2(C)C(=CC[C@@H]3[C@H]4CC[C@H]([C@@H](C)C/C=C/C(C)(C)O)[C@@]4(C)CC[C@H]32)C1. The maximum Gasteiger partial charge on any atom is 0.302 e. The highest BCUT2D eigenvalue weighted by Crippen LogP contribution is 2.67. The van der Waals surface area contributed by atoms with Crippen LogP contribution in [0.15, 0.2) is 23.8 Å². The number of aliphatic hydroxyl groups is 1. The molecule has 0 spiro atoms. The molecule has 0 amide bonds. The first-order chi connectivity index (χ1) is 14.9. The Morgan fingerprint density at radius 3 is 2.66 bits per heavy atom. The Labute approximate surface area is 196 Å². The quantitative estimate of drug-likeness (QED) is 0.374. The monoisotopic (exact) mass is 442 g/mol. The predicted octanol–water partition coefficient (Wildman–Crippen LogP) is 6.85. The molecule has 0 saturated heterocycles. The fourth-order valence-electron chi connectivity index (χ4n) is 8.67. The van der Waals surface area contributed by atoms with Gasteiger partial charge >= 0.3 is 5.97 Å². The summed E-state index contributed by atoms with van der Waals surface area (Å²) in [7, 11) is 0. The van der Waals surface area contributed by atoms with E-state index in [9.17, 15) is 9.90 Å². The molecule has 180 valence electrons. The molecule has 3 nitrogen and oxygen atoms in total. The van der Waals surface area contributed by atoms with Crippen molar-refractivity contribution in [2.75, 3.05) is 0 Å². The first kappa shape index (κ1) is 24.0. The summed E-state index contributed by atoms with van der Waals surface area (Å²) < 4.78 is 5.60. The number of esters is 1. The highest BCUT2D eigenvalue weighted by atomic mass is 16.5. The number of carbonyl (C=O) groups excluding carboxylic acids is 1. The van der Waals surface area contributed by atoms with Crippen molar-refractivity contribution in [1.82, 2.24) is 0 Å². The van der Waals surface area contributed by atoms with Gasteiger partial charge in [-0.1, -0.05) is 44.6 Å². The molecule has 0 aromatic carbocycles. The third kappa shape index (κ3) is 4.36. The van der Waals surface area contributed by atoms with E-state index >= 15 is 0 Å². The van der Waals surface area contributed by atoms with Crippen LogP contribution in [0.4, 0.5) is 0 Å². The number of hydrogen-bond donors (Lipinski definition) is 1. The van der Waals surface area contributed by atoms with Gasteiger partial charge in [0.05, 0.1) is 5.60 Å². The fraction of sp³-hybridized carbons (Fsp3) is 0.828. The lowest BCUT2D eigenvalue weighted by atomic mass is 9.47. The highest BCUT2D eigenvalue weighted by molar-refractivity contribution is 5.66. The van der Waals surface area contributed by atoms with Crippen LogP contribution in [0.2, 0.25) is 0 Å². The zero-order valence-electron chi connectivity index (χ0n) is 21.3. The Morgan fingerprint density at radius 1 is 1.22 bits per heavy atom. The Hall–Kier alpha value is -1.09. The van der Waals surface area contributed by atoms with Crippen LogP contribution < -0.4 is 0 Å². The van der Waals surface area contributed by atoms with Crippen molar-refractivity contribution in [3.05, 3.63) is 23.8 Å². The van der Waals surface area contributed by atoms with Gasteiger partial charge in [0.1, 0.15) is 6.10 Å². The van der Waals surface area contributed by atoms with Crippen molar-refractivity contribution >= 4 is 5.97 Å². The van der Waals surface area contributed by atoms with E-state index in [0.717, 1.165) is 42.9 Å². The third-order valence-corrected chi connectivity index (χ3v) is 10.2. The van der Waals surface area contributed by atoms with Crippen molar-refractivity contribution in [3.8, 4) is 0 Å². The van der Waals surface area contributed by atoms with Crippen LogP contribution in [0.5, 0.6) is 0 Å². The van der Waals surface area contributed by atoms with Gasteiger partial charge in [-0.05, 0) is 106 Å². The number of hydrogen-bond acceptors (Lipinski definition) is 3. The molecule has 3 saturated carbocycles. The molecule has 0 unspecified atom stereocenters. The summed E-state index contributed by atoms with van der Waals surface area (Å²) in [6.45, 7) is 12.8.